The number of nitrogens with one attached hydrogen (secondary N) is 1. The van der Waals surface area contributed by atoms with Crippen molar-refractivity contribution in [2.75, 3.05) is 13.2 Å². The smallest absolute Gasteiger partial charge is 0.330 e. The number of hydrogen-bond acceptors (Lipinski definition) is 4. The standard InChI is InChI=1S/C19H24N2O4/c1-4-10-25-15-9-7-8-14(11-15)12-17-16(5-2)18(22)20-19(23)21(17)13-24-6-3/h4,7-9,11H,1,5-6,10,12-13H2,2-3H3,(H,20,22,23). The van der Waals surface area contributed by atoms with E-state index in [1.807, 2.05) is 38.1 Å². The highest BCUT2D eigenvalue weighted by Gasteiger charge is 2.14. The molecule has 0 fully saturated rings. The highest BCUT2D eigenvalue weighted by atomic mass is 16.5. The van der Waals surface area contributed by atoms with E-state index in [-0.39, 0.29) is 12.3 Å². The van der Waals surface area contributed by atoms with E-state index in [0.717, 1.165) is 11.3 Å². The van der Waals surface area contributed by atoms with Crippen LogP contribution in [0.25, 0.3) is 0 Å². The van der Waals surface area contributed by atoms with Crippen LogP contribution in [0.15, 0.2) is 46.5 Å². The van der Waals surface area contributed by atoms with Gasteiger partial charge >= 0.3 is 5.69 Å². The lowest BCUT2D eigenvalue weighted by molar-refractivity contribution is 0.0822. The fourth-order valence-electron chi connectivity index (χ4n) is 2.64. The summed E-state index contributed by atoms with van der Waals surface area (Å²) in [5.74, 6) is 0.721. The van der Waals surface area contributed by atoms with Crippen LogP contribution in [-0.4, -0.2) is 22.8 Å². The Balaban J connectivity index is 2.44. The van der Waals surface area contributed by atoms with Gasteiger partial charge in [0.15, 0.2) is 0 Å². The normalized spacial score (nSPS) is 10.6. The zero-order valence-corrected chi connectivity index (χ0v) is 14.7. The first-order valence-corrected chi connectivity index (χ1v) is 8.35. The summed E-state index contributed by atoms with van der Waals surface area (Å²) in [7, 11) is 0. The Bertz CT molecular complexity index is 836. The third-order valence-corrected chi connectivity index (χ3v) is 3.83. The van der Waals surface area contributed by atoms with Gasteiger partial charge in [0.05, 0.1) is 0 Å². The summed E-state index contributed by atoms with van der Waals surface area (Å²) < 4.78 is 12.4. The average molecular weight is 344 g/mol. The zero-order valence-electron chi connectivity index (χ0n) is 14.7. The quantitative estimate of drug-likeness (QED) is 0.708. The third kappa shape index (κ3) is 4.70. The van der Waals surface area contributed by atoms with E-state index in [0.29, 0.717) is 37.3 Å². The molecule has 0 unspecified atom stereocenters. The van der Waals surface area contributed by atoms with Crippen molar-refractivity contribution in [3.8, 4) is 5.75 Å². The van der Waals surface area contributed by atoms with E-state index < -0.39 is 5.69 Å². The summed E-state index contributed by atoms with van der Waals surface area (Å²) in [6.07, 6.45) is 2.66. The van der Waals surface area contributed by atoms with Gasteiger partial charge in [-0.25, -0.2) is 4.79 Å². The van der Waals surface area contributed by atoms with Gasteiger partial charge in [0.25, 0.3) is 5.56 Å². The largest absolute Gasteiger partial charge is 0.490 e. The second-order valence-electron chi connectivity index (χ2n) is 5.51. The van der Waals surface area contributed by atoms with Crippen LogP contribution >= 0.6 is 0 Å². The lowest BCUT2D eigenvalue weighted by atomic mass is 10.0. The molecule has 1 heterocycles. The van der Waals surface area contributed by atoms with E-state index in [9.17, 15) is 9.59 Å². The minimum Gasteiger partial charge on any atom is -0.490 e. The van der Waals surface area contributed by atoms with Gasteiger partial charge < -0.3 is 9.47 Å². The molecule has 2 rings (SSSR count). The number of aromatic nitrogens is 2. The van der Waals surface area contributed by atoms with Crippen LogP contribution in [0.4, 0.5) is 0 Å². The van der Waals surface area contributed by atoms with Gasteiger partial charge in [-0.1, -0.05) is 31.7 Å². The summed E-state index contributed by atoms with van der Waals surface area (Å²) in [6.45, 7) is 8.40. The van der Waals surface area contributed by atoms with Crippen LogP contribution in [0, 0.1) is 0 Å². The van der Waals surface area contributed by atoms with Crippen molar-refractivity contribution in [3.63, 3.8) is 0 Å². The lowest BCUT2D eigenvalue weighted by Gasteiger charge is -2.16. The zero-order chi connectivity index (χ0) is 18.2. The maximum atomic E-state index is 12.2. The molecule has 6 heteroatoms. The van der Waals surface area contributed by atoms with Crippen molar-refractivity contribution in [2.45, 2.75) is 33.4 Å². The summed E-state index contributed by atoms with van der Waals surface area (Å²) in [4.78, 5) is 26.8. The molecule has 0 spiro atoms. The average Bonchev–Trinajstić information content (AvgIpc) is 2.60. The molecule has 1 N–H and O–H groups in total. The molecular weight excluding hydrogens is 320 g/mol. The van der Waals surface area contributed by atoms with Gasteiger partial charge in [-0.15, -0.1) is 0 Å². The van der Waals surface area contributed by atoms with E-state index in [2.05, 4.69) is 11.6 Å². The number of aromatic amines is 1. The van der Waals surface area contributed by atoms with Crippen molar-refractivity contribution in [3.05, 3.63) is 74.6 Å². The Kier molecular flexibility index (Phi) is 6.77. The minimum atomic E-state index is -0.454. The molecule has 0 saturated heterocycles. The van der Waals surface area contributed by atoms with Crippen molar-refractivity contribution in [1.82, 2.24) is 9.55 Å². The van der Waals surface area contributed by atoms with E-state index in [1.165, 1.54) is 4.57 Å². The SMILES string of the molecule is C=CCOc1cccc(Cc2c(CC)c(=O)[nH]c(=O)n2COCC)c1. The monoisotopic (exact) mass is 344 g/mol. The minimum absolute atomic E-state index is 0.112. The lowest BCUT2D eigenvalue weighted by Crippen LogP contribution is -2.36. The second-order valence-corrected chi connectivity index (χ2v) is 5.51. The molecule has 0 aliphatic rings. The first-order chi connectivity index (χ1) is 12.1. The molecule has 0 bridgehead atoms. The molecule has 0 atom stereocenters. The first-order valence-electron chi connectivity index (χ1n) is 8.35. The number of ether oxygens (including phenoxy) is 2. The molecule has 25 heavy (non-hydrogen) atoms. The van der Waals surface area contributed by atoms with Gasteiger partial charge in [-0.2, -0.15) is 0 Å². The number of nitrogens with zero attached hydrogens (tertiary/aromatic N) is 1. The number of rotatable bonds is 9. The Morgan fingerprint density at radius 3 is 2.76 bits per heavy atom. The first kappa shape index (κ1) is 18.7. The van der Waals surface area contributed by atoms with Crippen LogP contribution in [0.5, 0.6) is 5.75 Å². The third-order valence-electron chi connectivity index (χ3n) is 3.83. The molecule has 6 nitrogen and oxygen atoms in total. The molecule has 1 aromatic heterocycles. The molecule has 0 amide bonds. The Labute approximate surface area is 146 Å². The van der Waals surface area contributed by atoms with Gasteiger partial charge in [-0.3, -0.25) is 14.3 Å². The Morgan fingerprint density at radius 2 is 2.08 bits per heavy atom. The van der Waals surface area contributed by atoms with E-state index in [4.69, 9.17) is 9.47 Å². The number of benzene rings is 1. The molecule has 0 saturated carbocycles. The molecule has 1 aromatic carbocycles. The predicted molar refractivity (Wildman–Crippen MR) is 97.3 cm³/mol. The summed E-state index contributed by atoms with van der Waals surface area (Å²) in [6, 6.07) is 7.59. The summed E-state index contributed by atoms with van der Waals surface area (Å²) >= 11 is 0. The second kappa shape index (κ2) is 9.03. The number of hydrogen-bond donors (Lipinski definition) is 1. The van der Waals surface area contributed by atoms with Gasteiger partial charge in [0.1, 0.15) is 19.1 Å². The predicted octanol–water partition coefficient (Wildman–Crippen LogP) is 2.25. The van der Waals surface area contributed by atoms with E-state index >= 15 is 0 Å². The number of H-pyrrole nitrogens is 1. The van der Waals surface area contributed by atoms with Gasteiger partial charge in [0, 0.05) is 24.3 Å². The van der Waals surface area contributed by atoms with Crippen molar-refractivity contribution >= 4 is 0 Å². The maximum absolute atomic E-state index is 12.2. The highest BCUT2D eigenvalue weighted by Crippen LogP contribution is 2.17. The highest BCUT2D eigenvalue weighted by molar-refractivity contribution is 5.33. The molecule has 0 aliphatic heterocycles. The molecule has 134 valence electrons. The van der Waals surface area contributed by atoms with E-state index in [1.54, 1.807) is 6.08 Å². The Hall–Kier alpha value is -2.60. The Morgan fingerprint density at radius 1 is 1.28 bits per heavy atom. The van der Waals surface area contributed by atoms with Crippen molar-refractivity contribution in [2.24, 2.45) is 0 Å². The van der Waals surface area contributed by atoms with Crippen LogP contribution in [-0.2, 0) is 24.3 Å². The molecule has 0 radical (unpaired) electrons. The van der Waals surface area contributed by atoms with Crippen LogP contribution in [0.3, 0.4) is 0 Å². The van der Waals surface area contributed by atoms with Crippen molar-refractivity contribution < 1.29 is 9.47 Å². The fraction of sp³-hybridized carbons (Fsp3) is 0.368. The van der Waals surface area contributed by atoms with Crippen LogP contribution in [0.2, 0.25) is 0 Å². The molecule has 2 aromatic rings. The maximum Gasteiger partial charge on any atom is 0.330 e. The topological polar surface area (TPSA) is 73.3 Å². The van der Waals surface area contributed by atoms with Crippen LogP contribution in [0.1, 0.15) is 30.7 Å². The van der Waals surface area contributed by atoms with Crippen molar-refractivity contribution in [1.29, 1.82) is 0 Å². The molecular formula is C19H24N2O4. The van der Waals surface area contributed by atoms with Crippen LogP contribution < -0.4 is 16.0 Å². The molecule has 0 aliphatic carbocycles. The fourth-order valence-corrected chi connectivity index (χ4v) is 2.64. The van der Waals surface area contributed by atoms with Gasteiger partial charge in [0.2, 0.25) is 0 Å². The summed E-state index contributed by atoms with van der Waals surface area (Å²) in [5, 5.41) is 0. The van der Waals surface area contributed by atoms with Gasteiger partial charge in [-0.05, 0) is 31.0 Å². The summed E-state index contributed by atoms with van der Waals surface area (Å²) in [5.41, 5.74) is 1.42.